The molecular formula is C19H23ClN2O3. The number of nitrogens with zero attached hydrogens (tertiary/aromatic N) is 1. The summed E-state index contributed by atoms with van der Waals surface area (Å²) in [5.74, 6) is 0.0838. The number of alkyl halides is 1. The minimum atomic E-state index is -1.37. The fourth-order valence-corrected chi connectivity index (χ4v) is 3.27. The first-order chi connectivity index (χ1) is 12.2. The van der Waals surface area contributed by atoms with Crippen LogP contribution in [-0.4, -0.2) is 44.1 Å². The molecule has 25 heavy (non-hydrogen) atoms. The van der Waals surface area contributed by atoms with E-state index in [4.69, 9.17) is 21.1 Å². The lowest BCUT2D eigenvalue weighted by molar-refractivity contribution is 0.0546. The Kier molecular flexibility index (Phi) is 6.02. The summed E-state index contributed by atoms with van der Waals surface area (Å²) in [6.45, 7) is 3.85. The van der Waals surface area contributed by atoms with Gasteiger partial charge in [0, 0.05) is 38.2 Å². The van der Waals surface area contributed by atoms with Crippen LogP contribution in [0.2, 0.25) is 0 Å². The summed E-state index contributed by atoms with van der Waals surface area (Å²) in [6.07, 6.45) is 0.628. The third kappa shape index (κ3) is 4.37. The smallest absolute Gasteiger partial charge is 0.277 e. The Morgan fingerprint density at radius 3 is 2.56 bits per heavy atom. The summed E-state index contributed by atoms with van der Waals surface area (Å²) in [4.78, 5) is 2.34. The van der Waals surface area contributed by atoms with Crippen LogP contribution >= 0.6 is 11.6 Å². The van der Waals surface area contributed by atoms with Gasteiger partial charge in [0.1, 0.15) is 11.5 Å². The van der Waals surface area contributed by atoms with E-state index in [1.165, 1.54) is 0 Å². The van der Waals surface area contributed by atoms with E-state index < -0.39 is 5.75 Å². The number of methoxy groups -OCH3 is 1. The standard InChI is InChI=1S/C19H23ClN2O3/c1-24-18-15(6-4-7-16(18)22-11-9-21-10-12-22)13-14-5-2-3-8-17(14)25-19(20)23/h2-8,19,21,23H,9-13H2,1H3. The molecule has 2 aromatic rings. The van der Waals surface area contributed by atoms with E-state index in [1.807, 2.05) is 18.2 Å². The third-order valence-electron chi connectivity index (χ3n) is 4.32. The van der Waals surface area contributed by atoms with Gasteiger partial charge < -0.3 is 24.8 Å². The molecule has 1 unspecified atom stereocenters. The van der Waals surface area contributed by atoms with Crippen molar-refractivity contribution in [3.8, 4) is 11.5 Å². The zero-order valence-electron chi connectivity index (χ0n) is 14.2. The SMILES string of the molecule is COc1c(Cc2ccccc2OC(O)Cl)cccc1N1CCNCC1. The number of aliphatic hydroxyl groups is 1. The highest BCUT2D eigenvalue weighted by Gasteiger charge is 2.18. The number of piperazine rings is 1. The van der Waals surface area contributed by atoms with Crippen molar-refractivity contribution in [3.05, 3.63) is 53.6 Å². The quantitative estimate of drug-likeness (QED) is 0.611. The molecule has 6 heteroatoms. The lowest BCUT2D eigenvalue weighted by atomic mass is 10.0. The Hall–Kier alpha value is -1.95. The highest BCUT2D eigenvalue weighted by molar-refractivity contribution is 6.18. The summed E-state index contributed by atoms with van der Waals surface area (Å²) in [5, 5.41) is 12.7. The molecule has 0 spiro atoms. The summed E-state index contributed by atoms with van der Waals surface area (Å²) in [6, 6.07) is 13.8. The van der Waals surface area contributed by atoms with Crippen molar-refractivity contribution in [2.24, 2.45) is 0 Å². The fourth-order valence-electron chi connectivity index (χ4n) is 3.18. The van der Waals surface area contributed by atoms with Gasteiger partial charge in [-0.1, -0.05) is 30.3 Å². The number of rotatable bonds is 6. The third-order valence-corrected chi connectivity index (χ3v) is 4.40. The van der Waals surface area contributed by atoms with Crippen molar-refractivity contribution >= 4 is 17.3 Å². The van der Waals surface area contributed by atoms with Crippen LogP contribution < -0.4 is 19.7 Å². The van der Waals surface area contributed by atoms with E-state index in [2.05, 4.69) is 28.4 Å². The van der Waals surface area contributed by atoms with Crippen LogP contribution in [0.5, 0.6) is 11.5 Å². The van der Waals surface area contributed by atoms with Crippen LogP contribution in [0.15, 0.2) is 42.5 Å². The highest BCUT2D eigenvalue weighted by atomic mass is 35.5. The van der Waals surface area contributed by atoms with Crippen LogP contribution in [0.25, 0.3) is 0 Å². The first-order valence-electron chi connectivity index (χ1n) is 8.37. The van der Waals surface area contributed by atoms with E-state index in [0.717, 1.165) is 48.7 Å². The van der Waals surface area contributed by atoms with Crippen molar-refractivity contribution in [2.75, 3.05) is 38.2 Å². The van der Waals surface area contributed by atoms with Gasteiger partial charge >= 0.3 is 0 Å². The Bertz CT molecular complexity index is 703. The second-order valence-electron chi connectivity index (χ2n) is 5.90. The minimum absolute atomic E-state index is 0.569. The number of halogens is 1. The maximum Gasteiger partial charge on any atom is 0.277 e. The lowest BCUT2D eigenvalue weighted by Crippen LogP contribution is -2.43. The number of ether oxygens (including phenoxy) is 2. The van der Waals surface area contributed by atoms with Gasteiger partial charge in [-0.25, -0.2) is 0 Å². The van der Waals surface area contributed by atoms with E-state index in [-0.39, 0.29) is 0 Å². The van der Waals surface area contributed by atoms with Crippen LogP contribution in [0.3, 0.4) is 0 Å². The Labute approximate surface area is 153 Å². The van der Waals surface area contributed by atoms with Crippen LogP contribution in [0, 0.1) is 0 Å². The molecule has 0 radical (unpaired) electrons. The van der Waals surface area contributed by atoms with E-state index in [1.54, 1.807) is 13.2 Å². The average molecular weight is 363 g/mol. The van der Waals surface area contributed by atoms with Crippen molar-refractivity contribution in [1.82, 2.24) is 5.32 Å². The molecule has 0 saturated carbocycles. The Morgan fingerprint density at radius 1 is 1.12 bits per heavy atom. The average Bonchev–Trinajstić information content (AvgIpc) is 2.63. The lowest BCUT2D eigenvalue weighted by Gasteiger charge is -2.31. The molecule has 1 aliphatic heterocycles. The largest absolute Gasteiger partial charge is 0.494 e. The monoisotopic (exact) mass is 362 g/mol. The molecule has 1 atom stereocenters. The predicted octanol–water partition coefficient (Wildman–Crippen LogP) is 2.59. The molecule has 134 valence electrons. The number of anilines is 1. The number of aliphatic hydroxyl groups excluding tert-OH is 1. The van der Waals surface area contributed by atoms with Crippen LogP contribution in [0.4, 0.5) is 5.69 Å². The maximum absolute atomic E-state index is 9.32. The first kappa shape index (κ1) is 17.9. The zero-order chi connectivity index (χ0) is 17.6. The van der Waals surface area contributed by atoms with Crippen molar-refractivity contribution in [2.45, 2.75) is 12.2 Å². The van der Waals surface area contributed by atoms with Gasteiger partial charge in [0.2, 0.25) is 0 Å². The number of nitrogens with one attached hydrogen (secondary N) is 1. The van der Waals surface area contributed by atoms with Gasteiger partial charge in [-0.3, -0.25) is 0 Å². The van der Waals surface area contributed by atoms with Crippen molar-refractivity contribution in [3.63, 3.8) is 0 Å². The van der Waals surface area contributed by atoms with Gasteiger partial charge in [0.05, 0.1) is 12.8 Å². The van der Waals surface area contributed by atoms with Gasteiger partial charge in [0.25, 0.3) is 5.75 Å². The van der Waals surface area contributed by atoms with Gasteiger partial charge in [-0.15, -0.1) is 0 Å². The second-order valence-corrected chi connectivity index (χ2v) is 6.27. The number of benzene rings is 2. The van der Waals surface area contributed by atoms with Gasteiger partial charge in [-0.2, -0.15) is 0 Å². The molecule has 0 bridgehead atoms. The summed E-state index contributed by atoms with van der Waals surface area (Å²) in [7, 11) is 1.70. The molecule has 0 amide bonds. The molecule has 5 nitrogen and oxygen atoms in total. The van der Waals surface area contributed by atoms with Gasteiger partial charge in [0.15, 0.2) is 0 Å². The molecule has 3 rings (SSSR count). The zero-order valence-corrected chi connectivity index (χ0v) is 15.0. The number of hydrogen-bond acceptors (Lipinski definition) is 5. The molecule has 2 N–H and O–H groups in total. The molecule has 1 heterocycles. The molecule has 0 aliphatic carbocycles. The van der Waals surface area contributed by atoms with Crippen molar-refractivity contribution < 1.29 is 14.6 Å². The van der Waals surface area contributed by atoms with E-state index in [9.17, 15) is 5.11 Å². The summed E-state index contributed by atoms with van der Waals surface area (Å²) in [5.41, 5.74) is 3.12. The normalized spacial score (nSPS) is 15.7. The number of hydrogen-bond donors (Lipinski definition) is 2. The Morgan fingerprint density at radius 2 is 1.84 bits per heavy atom. The van der Waals surface area contributed by atoms with Gasteiger partial charge in [-0.05, 0) is 29.3 Å². The van der Waals surface area contributed by atoms with E-state index in [0.29, 0.717) is 12.2 Å². The summed E-state index contributed by atoms with van der Waals surface area (Å²) >= 11 is 5.57. The maximum atomic E-state index is 9.32. The molecule has 0 aromatic heterocycles. The van der Waals surface area contributed by atoms with E-state index >= 15 is 0 Å². The fraction of sp³-hybridized carbons (Fsp3) is 0.368. The predicted molar refractivity (Wildman–Crippen MR) is 99.8 cm³/mol. The summed E-state index contributed by atoms with van der Waals surface area (Å²) < 4.78 is 11.0. The topological polar surface area (TPSA) is 54.0 Å². The van der Waals surface area contributed by atoms with Crippen LogP contribution in [0.1, 0.15) is 11.1 Å². The number of para-hydroxylation sites is 2. The molecular weight excluding hydrogens is 340 g/mol. The molecule has 1 aliphatic rings. The molecule has 1 fully saturated rings. The molecule has 1 saturated heterocycles. The van der Waals surface area contributed by atoms with Crippen LogP contribution in [-0.2, 0) is 6.42 Å². The van der Waals surface area contributed by atoms with Crippen molar-refractivity contribution in [1.29, 1.82) is 0 Å². The highest BCUT2D eigenvalue weighted by Crippen LogP contribution is 2.35. The molecule has 2 aromatic carbocycles. The minimum Gasteiger partial charge on any atom is -0.494 e. The first-order valence-corrected chi connectivity index (χ1v) is 8.81. The Balaban J connectivity index is 1.90. The second kappa shape index (κ2) is 8.43.